The normalized spacial score (nSPS) is 13.6. The molecule has 0 fully saturated rings. The third kappa shape index (κ3) is 4.04. The molecule has 0 aliphatic heterocycles. The lowest BCUT2D eigenvalue weighted by atomic mass is 9.82. The number of rotatable bonds is 3. The van der Waals surface area contributed by atoms with Crippen LogP contribution in [0, 0.1) is 0 Å². The van der Waals surface area contributed by atoms with Crippen molar-refractivity contribution in [3.05, 3.63) is 199 Å². The average Bonchev–Trinajstić information content (AvgIpc) is 4.06. The summed E-state index contributed by atoms with van der Waals surface area (Å²) in [4.78, 5) is 0. The highest BCUT2D eigenvalue weighted by Gasteiger charge is 2.35. The van der Waals surface area contributed by atoms with E-state index < -0.39 is 0 Å². The van der Waals surface area contributed by atoms with Gasteiger partial charge in [0.05, 0.1) is 38.6 Å². The Hall–Kier alpha value is -7.62. The van der Waals surface area contributed by atoms with Crippen LogP contribution in [-0.2, 0) is 5.41 Å². The van der Waals surface area contributed by atoms with Gasteiger partial charge in [0.15, 0.2) is 0 Å². The summed E-state index contributed by atoms with van der Waals surface area (Å²) in [7, 11) is 0. The molecule has 0 unspecified atom stereocenters. The van der Waals surface area contributed by atoms with E-state index in [9.17, 15) is 0 Å². The molecule has 0 bridgehead atoms. The first-order chi connectivity index (χ1) is 29.5. The molecule has 0 saturated heterocycles. The molecular formula is C57H37N3. The SMILES string of the molecule is CC1(C)c2ccccc2-c2ccc(-n3c4ccccc4c4cc(-c5ccc6c(c5)c5ccccc5n6-c5ccc6c7cccc8c9ccccc9n(c6c5)c87)ccc43)cc21. The van der Waals surface area contributed by atoms with Crippen LogP contribution >= 0.6 is 0 Å². The number of para-hydroxylation sites is 4. The Balaban J connectivity index is 0.933. The fourth-order valence-electron chi connectivity index (χ4n) is 11.3. The third-order valence-electron chi connectivity index (χ3n) is 14.0. The number of benzene rings is 9. The van der Waals surface area contributed by atoms with Crippen molar-refractivity contribution in [3.8, 4) is 33.6 Å². The van der Waals surface area contributed by atoms with Gasteiger partial charge in [-0.05, 0) is 100 Å². The highest BCUT2D eigenvalue weighted by molar-refractivity contribution is 6.23. The van der Waals surface area contributed by atoms with Gasteiger partial charge in [-0.25, -0.2) is 0 Å². The van der Waals surface area contributed by atoms with Gasteiger partial charge in [0.1, 0.15) is 0 Å². The molecule has 3 heteroatoms. The van der Waals surface area contributed by atoms with Crippen molar-refractivity contribution in [2.75, 3.05) is 0 Å². The fraction of sp³-hybridized carbons (Fsp3) is 0.0526. The summed E-state index contributed by atoms with van der Waals surface area (Å²) in [6.07, 6.45) is 0. The summed E-state index contributed by atoms with van der Waals surface area (Å²) < 4.78 is 7.39. The number of hydrogen-bond acceptors (Lipinski definition) is 0. The Morgan fingerprint density at radius 3 is 1.47 bits per heavy atom. The van der Waals surface area contributed by atoms with E-state index in [0.29, 0.717) is 0 Å². The predicted molar refractivity (Wildman–Crippen MR) is 253 cm³/mol. The molecule has 0 spiro atoms. The molecule has 4 heterocycles. The molecule has 1 aliphatic carbocycles. The van der Waals surface area contributed by atoms with Crippen LogP contribution in [-0.4, -0.2) is 13.5 Å². The van der Waals surface area contributed by atoms with E-state index in [1.165, 1.54) is 126 Å². The Morgan fingerprint density at radius 1 is 0.317 bits per heavy atom. The van der Waals surface area contributed by atoms with Gasteiger partial charge in [-0.3, -0.25) is 0 Å². The van der Waals surface area contributed by atoms with Crippen LogP contribution in [0.1, 0.15) is 25.0 Å². The Bertz CT molecular complexity index is 3980. The standard InChI is InChI=1S/C57H37N3/c1-57(2)48-18-7-3-12-38(48)39-26-24-36(32-49(39)57)58-50-19-8-5-14-41(50)46-30-34(22-28-53(46)58)35-23-29-54-47(31-35)42-15-6-9-20-51(42)59(54)37-25-27-43-45-17-11-16-44-40-13-4-10-21-52(40)60(56(44)45)55(43)33-37/h3-33H,1-2H3. The fourth-order valence-corrected chi connectivity index (χ4v) is 11.3. The molecule has 14 rings (SSSR count). The second-order valence-corrected chi connectivity index (χ2v) is 17.3. The van der Waals surface area contributed by atoms with Crippen molar-refractivity contribution >= 4 is 81.7 Å². The van der Waals surface area contributed by atoms with Gasteiger partial charge in [-0.15, -0.1) is 0 Å². The van der Waals surface area contributed by atoms with Crippen molar-refractivity contribution in [2.24, 2.45) is 0 Å². The Morgan fingerprint density at radius 2 is 0.800 bits per heavy atom. The minimum atomic E-state index is -0.0633. The van der Waals surface area contributed by atoms with Crippen molar-refractivity contribution in [2.45, 2.75) is 19.3 Å². The predicted octanol–water partition coefficient (Wildman–Crippen LogP) is 15.0. The smallest absolute Gasteiger partial charge is 0.0620 e. The molecule has 3 nitrogen and oxygen atoms in total. The molecule has 280 valence electrons. The maximum Gasteiger partial charge on any atom is 0.0620 e. The number of hydrogen-bond donors (Lipinski definition) is 0. The summed E-state index contributed by atoms with van der Waals surface area (Å²) in [6.45, 7) is 4.72. The highest BCUT2D eigenvalue weighted by Crippen LogP contribution is 2.50. The molecule has 13 aromatic rings. The van der Waals surface area contributed by atoms with Crippen molar-refractivity contribution < 1.29 is 0 Å². The topological polar surface area (TPSA) is 14.3 Å². The minimum Gasteiger partial charge on any atom is -0.309 e. The van der Waals surface area contributed by atoms with Crippen LogP contribution in [0.2, 0.25) is 0 Å². The third-order valence-corrected chi connectivity index (χ3v) is 14.0. The van der Waals surface area contributed by atoms with Crippen molar-refractivity contribution in [1.29, 1.82) is 0 Å². The second-order valence-electron chi connectivity index (χ2n) is 17.3. The number of fused-ring (bicyclic) bond motifs is 15. The van der Waals surface area contributed by atoms with E-state index in [-0.39, 0.29) is 5.41 Å². The Kier molecular flexibility index (Phi) is 6.10. The molecule has 0 N–H and O–H groups in total. The van der Waals surface area contributed by atoms with Gasteiger partial charge in [-0.2, -0.15) is 0 Å². The van der Waals surface area contributed by atoms with Gasteiger partial charge < -0.3 is 13.5 Å². The largest absolute Gasteiger partial charge is 0.309 e. The van der Waals surface area contributed by atoms with Crippen molar-refractivity contribution in [3.63, 3.8) is 0 Å². The summed E-state index contributed by atoms with van der Waals surface area (Å²) in [5.41, 5.74) is 18.9. The van der Waals surface area contributed by atoms with Crippen molar-refractivity contribution in [1.82, 2.24) is 13.5 Å². The molecular weight excluding hydrogens is 727 g/mol. The average molecular weight is 764 g/mol. The number of nitrogens with zero attached hydrogens (tertiary/aromatic N) is 3. The summed E-state index contributed by atoms with van der Waals surface area (Å²) in [5.74, 6) is 0. The van der Waals surface area contributed by atoms with E-state index in [0.717, 1.165) is 0 Å². The van der Waals surface area contributed by atoms with Gasteiger partial charge in [0.2, 0.25) is 0 Å². The zero-order chi connectivity index (χ0) is 39.4. The van der Waals surface area contributed by atoms with Crippen LogP contribution in [0.5, 0.6) is 0 Å². The first kappa shape index (κ1) is 32.3. The summed E-state index contributed by atoms with van der Waals surface area (Å²) >= 11 is 0. The van der Waals surface area contributed by atoms with Gasteiger partial charge >= 0.3 is 0 Å². The lowest BCUT2D eigenvalue weighted by Crippen LogP contribution is -2.15. The van der Waals surface area contributed by atoms with E-state index >= 15 is 0 Å². The minimum absolute atomic E-state index is 0.0633. The van der Waals surface area contributed by atoms with Crippen LogP contribution in [0.15, 0.2) is 188 Å². The lowest BCUT2D eigenvalue weighted by Gasteiger charge is -2.22. The first-order valence-electron chi connectivity index (χ1n) is 21.0. The maximum atomic E-state index is 2.47. The van der Waals surface area contributed by atoms with Crippen LogP contribution in [0.4, 0.5) is 0 Å². The quantitative estimate of drug-likeness (QED) is 0.170. The molecule has 60 heavy (non-hydrogen) atoms. The maximum absolute atomic E-state index is 2.47. The lowest BCUT2D eigenvalue weighted by molar-refractivity contribution is 0.660. The molecule has 0 radical (unpaired) electrons. The highest BCUT2D eigenvalue weighted by atomic mass is 15.0. The van der Waals surface area contributed by atoms with Gasteiger partial charge in [-0.1, -0.05) is 135 Å². The number of aromatic nitrogens is 3. The molecule has 0 amide bonds. The Labute approximate surface area is 345 Å². The summed E-state index contributed by atoms with van der Waals surface area (Å²) in [5, 5.41) is 10.2. The van der Waals surface area contributed by atoms with E-state index in [1.807, 2.05) is 0 Å². The second kappa shape index (κ2) is 11.3. The monoisotopic (exact) mass is 763 g/mol. The van der Waals surface area contributed by atoms with Crippen LogP contribution < -0.4 is 0 Å². The molecule has 9 aromatic carbocycles. The van der Waals surface area contributed by atoms with E-state index in [2.05, 4.69) is 215 Å². The van der Waals surface area contributed by atoms with Crippen LogP contribution in [0.25, 0.3) is 115 Å². The van der Waals surface area contributed by atoms with E-state index in [4.69, 9.17) is 0 Å². The molecule has 0 saturated carbocycles. The van der Waals surface area contributed by atoms with Crippen LogP contribution in [0.3, 0.4) is 0 Å². The summed E-state index contributed by atoms with van der Waals surface area (Å²) in [6, 6.07) is 70.4. The molecule has 1 aliphatic rings. The zero-order valence-electron chi connectivity index (χ0n) is 33.2. The van der Waals surface area contributed by atoms with Gasteiger partial charge in [0.25, 0.3) is 0 Å². The first-order valence-corrected chi connectivity index (χ1v) is 21.0. The van der Waals surface area contributed by atoms with Gasteiger partial charge in [0, 0.05) is 59.9 Å². The molecule has 0 atom stereocenters. The molecule has 4 aromatic heterocycles. The zero-order valence-corrected chi connectivity index (χ0v) is 33.2. The van der Waals surface area contributed by atoms with E-state index in [1.54, 1.807) is 0 Å².